The number of guanidine groups is 1. The number of fused-ring (bicyclic) bond motifs is 1. The molecular weight excluding hydrogens is 549 g/mol. The average Bonchev–Trinajstić information content (AvgIpc) is 3.19. The highest BCUT2D eigenvalue weighted by Crippen LogP contribution is 2.38. The van der Waals surface area contributed by atoms with Crippen LogP contribution in [-0.4, -0.2) is 39.4 Å². The number of ether oxygens (including phenoxy) is 4. The second-order valence-electron chi connectivity index (χ2n) is 6.32. The van der Waals surface area contributed by atoms with Gasteiger partial charge in [0, 0.05) is 31.8 Å². The summed E-state index contributed by atoms with van der Waals surface area (Å²) in [4.78, 5) is 4.08. The molecule has 3 rings (SSSR count). The second-order valence-corrected chi connectivity index (χ2v) is 6.32. The van der Waals surface area contributed by atoms with Crippen molar-refractivity contribution in [2.75, 3.05) is 20.4 Å². The van der Waals surface area contributed by atoms with Crippen LogP contribution in [-0.2, 0) is 13.1 Å². The number of benzene rings is 2. The molecule has 1 heterocycles. The van der Waals surface area contributed by atoms with E-state index in [0.717, 1.165) is 5.56 Å². The molecule has 0 aromatic heterocycles. The number of alkyl halides is 4. The SMILES string of the molecule is CN=C(NCc1cccc(OCC(F)F)c1)NCc1cc2c(cc1OC(F)F)OCO2.I. The predicted molar refractivity (Wildman–Crippen MR) is 120 cm³/mol. The van der Waals surface area contributed by atoms with Gasteiger partial charge in [0.25, 0.3) is 6.43 Å². The maximum absolute atomic E-state index is 12.8. The van der Waals surface area contributed by atoms with Crippen LogP contribution in [0.25, 0.3) is 0 Å². The largest absolute Gasteiger partial charge is 0.488 e. The van der Waals surface area contributed by atoms with E-state index in [-0.39, 0.29) is 43.1 Å². The summed E-state index contributed by atoms with van der Waals surface area (Å²) in [5.74, 6) is 1.44. The molecule has 2 N–H and O–H groups in total. The van der Waals surface area contributed by atoms with Gasteiger partial charge in [0.15, 0.2) is 17.5 Å². The third-order valence-corrected chi connectivity index (χ3v) is 4.18. The quantitative estimate of drug-likeness (QED) is 0.204. The van der Waals surface area contributed by atoms with Crippen molar-refractivity contribution in [3.63, 3.8) is 0 Å². The molecule has 12 heteroatoms. The Morgan fingerprint density at radius 3 is 2.47 bits per heavy atom. The molecule has 0 spiro atoms. The number of halogens is 5. The summed E-state index contributed by atoms with van der Waals surface area (Å²) in [6, 6.07) is 9.62. The lowest BCUT2D eigenvalue weighted by atomic mass is 10.1. The normalized spacial score (nSPS) is 12.5. The van der Waals surface area contributed by atoms with Crippen molar-refractivity contribution in [1.29, 1.82) is 0 Å². The fraction of sp³-hybridized carbons (Fsp3) is 0.350. The zero-order chi connectivity index (χ0) is 22.2. The molecule has 0 atom stereocenters. The van der Waals surface area contributed by atoms with Crippen molar-refractivity contribution in [3.05, 3.63) is 47.5 Å². The first-order valence-corrected chi connectivity index (χ1v) is 9.26. The number of nitrogens with zero attached hydrogens (tertiary/aromatic N) is 1. The molecule has 0 saturated heterocycles. The van der Waals surface area contributed by atoms with Crippen LogP contribution in [0.5, 0.6) is 23.0 Å². The summed E-state index contributed by atoms with van der Waals surface area (Å²) in [5.41, 5.74) is 1.20. The van der Waals surface area contributed by atoms with Gasteiger partial charge in [-0.25, -0.2) is 8.78 Å². The minimum absolute atomic E-state index is 0. The van der Waals surface area contributed by atoms with Gasteiger partial charge in [-0.2, -0.15) is 8.78 Å². The number of aliphatic imine (C=N–C) groups is 1. The molecule has 0 fully saturated rings. The molecule has 0 radical (unpaired) electrons. The van der Waals surface area contributed by atoms with E-state index in [1.54, 1.807) is 37.4 Å². The van der Waals surface area contributed by atoms with Gasteiger partial charge in [-0.15, -0.1) is 24.0 Å². The third kappa shape index (κ3) is 7.50. The van der Waals surface area contributed by atoms with Gasteiger partial charge in [-0.1, -0.05) is 12.1 Å². The van der Waals surface area contributed by atoms with Crippen molar-refractivity contribution < 1.29 is 36.5 Å². The minimum Gasteiger partial charge on any atom is -0.488 e. The zero-order valence-electron chi connectivity index (χ0n) is 16.9. The molecule has 0 bridgehead atoms. The Kier molecular flexibility index (Phi) is 9.94. The Labute approximate surface area is 199 Å². The number of hydrogen-bond donors (Lipinski definition) is 2. The second kappa shape index (κ2) is 12.4. The highest BCUT2D eigenvalue weighted by atomic mass is 127. The van der Waals surface area contributed by atoms with Crippen molar-refractivity contribution in [3.8, 4) is 23.0 Å². The van der Waals surface area contributed by atoms with E-state index in [9.17, 15) is 17.6 Å². The Morgan fingerprint density at radius 1 is 1.06 bits per heavy atom. The van der Waals surface area contributed by atoms with Crippen LogP contribution in [0.4, 0.5) is 17.6 Å². The molecule has 0 aliphatic carbocycles. The van der Waals surface area contributed by atoms with Gasteiger partial charge in [-0.3, -0.25) is 4.99 Å². The van der Waals surface area contributed by atoms with E-state index in [1.165, 1.54) is 6.07 Å². The molecule has 2 aromatic rings. The molecule has 7 nitrogen and oxygen atoms in total. The highest BCUT2D eigenvalue weighted by molar-refractivity contribution is 14.0. The van der Waals surface area contributed by atoms with E-state index < -0.39 is 19.6 Å². The van der Waals surface area contributed by atoms with Gasteiger partial charge in [0.05, 0.1) is 0 Å². The fourth-order valence-electron chi connectivity index (χ4n) is 2.80. The molecule has 176 valence electrons. The predicted octanol–water partition coefficient (Wildman–Crippen LogP) is 4.14. The Balaban J connectivity index is 0.00000363. The van der Waals surface area contributed by atoms with E-state index >= 15 is 0 Å². The molecule has 1 aliphatic heterocycles. The molecule has 1 aliphatic rings. The number of nitrogens with one attached hydrogen (secondary N) is 2. The molecular formula is C20H22F4IN3O4. The summed E-state index contributed by atoms with van der Waals surface area (Å²) in [6.07, 6.45) is -2.56. The van der Waals surface area contributed by atoms with E-state index in [1.807, 2.05) is 0 Å². The van der Waals surface area contributed by atoms with Crippen LogP contribution in [0.3, 0.4) is 0 Å². The Hall–Kier alpha value is -2.64. The van der Waals surface area contributed by atoms with Gasteiger partial charge in [0.1, 0.15) is 18.1 Å². The summed E-state index contributed by atoms with van der Waals surface area (Å²) in [7, 11) is 1.55. The third-order valence-electron chi connectivity index (χ3n) is 4.18. The van der Waals surface area contributed by atoms with Gasteiger partial charge in [-0.05, 0) is 23.8 Å². The average molecular weight is 571 g/mol. The monoisotopic (exact) mass is 571 g/mol. The van der Waals surface area contributed by atoms with Crippen LogP contribution < -0.4 is 29.6 Å². The summed E-state index contributed by atoms with van der Waals surface area (Å²) in [6.45, 7) is -3.22. The topological polar surface area (TPSA) is 73.3 Å². The number of hydrogen-bond acceptors (Lipinski definition) is 5. The van der Waals surface area contributed by atoms with Crippen molar-refractivity contribution in [2.45, 2.75) is 26.1 Å². The minimum atomic E-state index is -2.99. The van der Waals surface area contributed by atoms with Gasteiger partial charge >= 0.3 is 6.61 Å². The fourth-order valence-corrected chi connectivity index (χ4v) is 2.80. The van der Waals surface area contributed by atoms with Crippen LogP contribution in [0, 0.1) is 0 Å². The first-order valence-electron chi connectivity index (χ1n) is 9.26. The first-order chi connectivity index (χ1) is 14.9. The Bertz CT molecular complexity index is 918. The lowest BCUT2D eigenvalue weighted by molar-refractivity contribution is -0.0505. The van der Waals surface area contributed by atoms with Gasteiger partial charge in [0.2, 0.25) is 6.79 Å². The molecule has 2 aromatic carbocycles. The van der Waals surface area contributed by atoms with E-state index in [2.05, 4.69) is 20.4 Å². The zero-order valence-corrected chi connectivity index (χ0v) is 19.3. The van der Waals surface area contributed by atoms with Crippen LogP contribution in [0.15, 0.2) is 41.4 Å². The van der Waals surface area contributed by atoms with Crippen LogP contribution >= 0.6 is 24.0 Å². The van der Waals surface area contributed by atoms with Crippen LogP contribution in [0.1, 0.15) is 11.1 Å². The van der Waals surface area contributed by atoms with Crippen LogP contribution in [0.2, 0.25) is 0 Å². The number of rotatable bonds is 9. The highest BCUT2D eigenvalue weighted by Gasteiger charge is 2.20. The van der Waals surface area contributed by atoms with Gasteiger partial charge < -0.3 is 29.6 Å². The van der Waals surface area contributed by atoms with E-state index in [0.29, 0.717) is 35.3 Å². The van der Waals surface area contributed by atoms with Crippen molar-refractivity contribution in [1.82, 2.24) is 10.6 Å². The maximum atomic E-state index is 12.8. The lowest BCUT2D eigenvalue weighted by Crippen LogP contribution is -2.36. The summed E-state index contributed by atoms with van der Waals surface area (Å²) in [5, 5.41) is 6.05. The smallest absolute Gasteiger partial charge is 0.387 e. The summed E-state index contributed by atoms with van der Waals surface area (Å²) >= 11 is 0. The summed E-state index contributed by atoms with van der Waals surface area (Å²) < 4.78 is 70.2. The first kappa shape index (κ1) is 25.6. The standard InChI is InChI=1S/C20H21F4N3O4.HI/c1-25-20(26-8-12-3-2-4-14(5-12)28-10-18(21)22)27-9-13-6-16-17(30-11-29-16)7-15(13)31-19(23)24;/h2-7,18-19H,8-11H2,1H3,(H2,25,26,27);1H. The molecule has 0 saturated carbocycles. The van der Waals surface area contributed by atoms with Crippen molar-refractivity contribution in [2.24, 2.45) is 4.99 Å². The Morgan fingerprint density at radius 2 is 1.78 bits per heavy atom. The maximum Gasteiger partial charge on any atom is 0.387 e. The molecule has 32 heavy (non-hydrogen) atoms. The molecule has 0 amide bonds. The lowest BCUT2D eigenvalue weighted by Gasteiger charge is -2.15. The van der Waals surface area contributed by atoms with E-state index in [4.69, 9.17) is 14.2 Å². The van der Waals surface area contributed by atoms with Crippen molar-refractivity contribution >= 4 is 29.9 Å². The molecule has 0 unspecified atom stereocenters.